The molecule has 0 aliphatic rings. The van der Waals surface area contributed by atoms with Crippen molar-refractivity contribution >= 4 is 11.4 Å². The highest BCUT2D eigenvalue weighted by molar-refractivity contribution is 5.59. The zero-order valence-corrected chi connectivity index (χ0v) is 13.0. The van der Waals surface area contributed by atoms with E-state index in [0.717, 1.165) is 24.9 Å². The van der Waals surface area contributed by atoms with E-state index in [4.69, 9.17) is 10.5 Å². The molecule has 0 heterocycles. The monoisotopic (exact) mass is 295 g/mol. The second-order valence-corrected chi connectivity index (χ2v) is 5.10. The average Bonchev–Trinajstić information content (AvgIpc) is 2.50. The number of benzene rings is 1. The molecule has 0 spiro atoms. The lowest BCUT2D eigenvalue weighted by atomic mass is 9.92. The van der Waals surface area contributed by atoms with Gasteiger partial charge in [-0.25, -0.2) is 0 Å². The van der Waals surface area contributed by atoms with Crippen molar-refractivity contribution in [3.63, 3.8) is 0 Å². The molecule has 0 unspecified atom stereocenters. The van der Waals surface area contributed by atoms with Crippen LogP contribution >= 0.6 is 0 Å². The molecule has 118 valence electrons. The van der Waals surface area contributed by atoms with E-state index in [1.54, 1.807) is 12.1 Å². The number of hydrogen-bond acceptors (Lipinski definition) is 5. The summed E-state index contributed by atoms with van der Waals surface area (Å²) < 4.78 is 5.49. The molecule has 6 nitrogen and oxygen atoms in total. The molecule has 1 aromatic carbocycles. The minimum absolute atomic E-state index is 0.0136. The molecule has 0 aliphatic carbocycles. The third-order valence-corrected chi connectivity index (χ3v) is 3.77. The fourth-order valence-corrected chi connectivity index (χ4v) is 2.14. The summed E-state index contributed by atoms with van der Waals surface area (Å²) in [6, 6.07) is 4.86. The van der Waals surface area contributed by atoms with E-state index in [2.05, 4.69) is 19.2 Å². The van der Waals surface area contributed by atoms with Crippen LogP contribution in [0.25, 0.3) is 0 Å². The van der Waals surface area contributed by atoms with Crippen molar-refractivity contribution in [2.45, 2.75) is 45.6 Å². The number of anilines is 1. The van der Waals surface area contributed by atoms with Crippen LogP contribution in [0.5, 0.6) is 5.75 Å². The number of nitro benzene ring substituents is 1. The SMILES string of the molecule is CCCOc1cc(NC(CC)(CC)CN)ccc1[N+](=O)[O-]. The molecule has 21 heavy (non-hydrogen) atoms. The molecule has 0 saturated heterocycles. The normalized spacial score (nSPS) is 11.2. The first-order chi connectivity index (χ1) is 10.0. The highest BCUT2D eigenvalue weighted by Crippen LogP contribution is 2.32. The number of nitrogens with two attached hydrogens (primary N) is 1. The molecule has 3 N–H and O–H groups in total. The maximum Gasteiger partial charge on any atom is 0.311 e. The first kappa shape index (κ1) is 17.2. The van der Waals surface area contributed by atoms with Crippen LogP contribution in [0.15, 0.2) is 18.2 Å². The van der Waals surface area contributed by atoms with Gasteiger partial charge in [-0.05, 0) is 25.3 Å². The molecule has 0 fully saturated rings. The topological polar surface area (TPSA) is 90.4 Å². The van der Waals surface area contributed by atoms with Crippen LogP contribution in [-0.4, -0.2) is 23.6 Å². The quantitative estimate of drug-likeness (QED) is 0.538. The first-order valence-corrected chi connectivity index (χ1v) is 7.41. The third-order valence-electron chi connectivity index (χ3n) is 3.77. The standard InChI is InChI=1S/C15H25N3O3/c1-4-9-21-14-10-12(7-8-13(14)18(19)20)17-15(5-2,6-3)11-16/h7-8,10,17H,4-6,9,11,16H2,1-3H3. The zero-order chi connectivity index (χ0) is 15.9. The van der Waals surface area contributed by atoms with Crippen LogP contribution in [0.3, 0.4) is 0 Å². The second-order valence-electron chi connectivity index (χ2n) is 5.10. The van der Waals surface area contributed by atoms with Gasteiger partial charge in [0.05, 0.1) is 11.5 Å². The summed E-state index contributed by atoms with van der Waals surface area (Å²) in [5.41, 5.74) is 6.45. The second kappa shape index (κ2) is 7.83. The highest BCUT2D eigenvalue weighted by atomic mass is 16.6. The Balaban J connectivity index is 3.06. The van der Waals surface area contributed by atoms with E-state index in [9.17, 15) is 10.1 Å². The fourth-order valence-electron chi connectivity index (χ4n) is 2.14. The van der Waals surface area contributed by atoms with Crippen LogP contribution in [0.4, 0.5) is 11.4 Å². The van der Waals surface area contributed by atoms with Crippen LogP contribution < -0.4 is 15.8 Å². The van der Waals surface area contributed by atoms with Crippen molar-refractivity contribution in [1.29, 1.82) is 0 Å². The zero-order valence-electron chi connectivity index (χ0n) is 13.0. The number of nitrogens with zero attached hydrogens (tertiary/aromatic N) is 1. The van der Waals surface area contributed by atoms with Crippen LogP contribution in [0, 0.1) is 10.1 Å². The summed E-state index contributed by atoms with van der Waals surface area (Å²) in [5.74, 6) is 0.296. The summed E-state index contributed by atoms with van der Waals surface area (Å²) in [7, 11) is 0. The molecule has 0 radical (unpaired) electrons. The summed E-state index contributed by atoms with van der Waals surface area (Å²) in [6.45, 7) is 7.06. The van der Waals surface area contributed by atoms with Gasteiger partial charge in [-0.2, -0.15) is 0 Å². The molecule has 1 rings (SSSR count). The Morgan fingerprint density at radius 2 is 2.00 bits per heavy atom. The van der Waals surface area contributed by atoms with Gasteiger partial charge in [-0.15, -0.1) is 0 Å². The molecule has 1 aromatic rings. The minimum atomic E-state index is -0.426. The minimum Gasteiger partial charge on any atom is -0.487 e. The van der Waals surface area contributed by atoms with E-state index >= 15 is 0 Å². The lowest BCUT2D eigenvalue weighted by molar-refractivity contribution is -0.385. The number of nitro groups is 1. The van der Waals surface area contributed by atoms with Gasteiger partial charge in [-0.3, -0.25) is 10.1 Å². The van der Waals surface area contributed by atoms with Crippen LogP contribution in [0.2, 0.25) is 0 Å². The smallest absolute Gasteiger partial charge is 0.311 e. The number of rotatable bonds is 9. The van der Waals surface area contributed by atoms with Gasteiger partial charge in [-0.1, -0.05) is 20.8 Å². The van der Waals surface area contributed by atoms with Crippen LogP contribution in [0.1, 0.15) is 40.0 Å². The van der Waals surface area contributed by atoms with Crippen molar-refractivity contribution in [3.8, 4) is 5.75 Å². The van der Waals surface area contributed by atoms with Gasteiger partial charge in [0.15, 0.2) is 5.75 Å². The Morgan fingerprint density at radius 1 is 1.33 bits per heavy atom. The maximum atomic E-state index is 11.0. The van der Waals surface area contributed by atoms with E-state index in [-0.39, 0.29) is 11.2 Å². The Kier molecular flexibility index (Phi) is 6.42. The lowest BCUT2D eigenvalue weighted by Crippen LogP contribution is -2.44. The molecule has 0 saturated carbocycles. The molecule has 0 amide bonds. The Labute approximate surface area is 125 Å². The molecular formula is C15H25N3O3. The van der Waals surface area contributed by atoms with Crippen molar-refractivity contribution < 1.29 is 9.66 Å². The third kappa shape index (κ3) is 4.32. The van der Waals surface area contributed by atoms with Crippen molar-refractivity contribution in [1.82, 2.24) is 0 Å². The molecule has 0 aromatic heterocycles. The molecule has 0 atom stereocenters. The van der Waals surface area contributed by atoms with Gasteiger partial charge in [0, 0.05) is 29.9 Å². The van der Waals surface area contributed by atoms with E-state index in [1.165, 1.54) is 6.07 Å². The van der Waals surface area contributed by atoms with E-state index in [1.807, 2.05) is 6.92 Å². The molecule has 6 heteroatoms. The largest absolute Gasteiger partial charge is 0.487 e. The van der Waals surface area contributed by atoms with Crippen molar-refractivity contribution in [3.05, 3.63) is 28.3 Å². The van der Waals surface area contributed by atoms with Gasteiger partial charge in [0.1, 0.15) is 0 Å². The number of nitrogens with one attached hydrogen (secondary N) is 1. The number of ether oxygens (including phenoxy) is 1. The Morgan fingerprint density at radius 3 is 2.48 bits per heavy atom. The number of hydrogen-bond donors (Lipinski definition) is 2. The van der Waals surface area contributed by atoms with Gasteiger partial charge >= 0.3 is 5.69 Å². The predicted molar refractivity (Wildman–Crippen MR) is 84.9 cm³/mol. The maximum absolute atomic E-state index is 11.0. The van der Waals surface area contributed by atoms with Gasteiger partial charge < -0.3 is 15.8 Å². The Bertz CT molecular complexity index is 465. The summed E-state index contributed by atoms with van der Waals surface area (Å²) in [5, 5.41) is 14.4. The van der Waals surface area contributed by atoms with Crippen molar-refractivity contribution in [2.75, 3.05) is 18.5 Å². The van der Waals surface area contributed by atoms with E-state index in [0.29, 0.717) is 18.9 Å². The molecule has 0 aliphatic heterocycles. The molecule has 0 bridgehead atoms. The predicted octanol–water partition coefficient (Wildman–Crippen LogP) is 3.31. The summed E-state index contributed by atoms with van der Waals surface area (Å²) >= 11 is 0. The van der Waals surface area contributed by atoms with Gasteiger partial charge in [0.25, 0.3) is 0 Å². The highest BCUT2D eigenvalue weighted by Gasteiger charge is 2.25. The Hall–Kier alpha value is -1.82. The summed E-state index contributed by atoms with van der Waals surface area (Å²) in [6.07, 6.45) is 2.55. The molecular weight excluding hydrogens is 270 g/mol. The van der Waals surface area contributed by atoms with Gasteiger partial charge in [0.2, 0.25) is 0 Å². The average molecular weight is 295 g/mol. The first-order valence-electron chi connectivity index (χ1n) is 7.41. The summed E-state index contributed by atoms with van der Waals surface area (Å²) in [4.78, 5) is 10.6. The van der Waals surface area contributed by atoms with E-state index < -0.39 is 4.92 Å². The fraction of sp³-hybridized carbons (Fsp3) is 0.600. The van der Waals surface area contributed by atoms with Crippen molar-refractivity contribution in [2.24, 2.45) is 5.73 Å². The van der Waals surface area contributed by atoms with Crippen LogP contribution in [-0.2, 0) is 0 Å². The lowest BCUT2D eigenvalue weighted by Gasteiger charge is -2.32.